The van der Waals surface area contributed by atoms with Gasteiger partial charge in [-0.2, -0.15) is 0 Å². The Kier molecular flexibility index (Phi) is 4.46. The molecule has 1 aliphatic rings. The molecule has 3 aromatic carbocycles. The summed E-state index contributed by atoms with van der Waals surface area (Å²) < 4.78 is 5.34. The van der Waals surface area contributed by atoms with Gasteiger partial charge in [0.1, 0.15) is 11.5 Å². The minimum Gasteiger partial charge on any atom is -0.508 e. The van der Waals surface area contributed by atoms with E-state index in [2.05, 4.69) is 6.07 Å². The topological polar surface area (TPSA) is 75.8 Å². The highest BCUT2D eigenvalue weighted by Crippen LogP contribution is 2.33. The number of rotatable bonds is 4. The highest BCUT2D eigenvalue weighted by Gasteiger charge is 2.30. The highest BCUT2D eigenvalue weighted by molar-refractivity contribution is 5.89. The Morgan fingerprint density at radius 1 is 1.19 bits per heavy atom. The molecule has 0 bridgehead atoms. The molecule has 1 amide bonds. The smallest absolute Gasteiger partial charge is 0.235 e. The van der Waals surface area contributed by atoms with E-state index in [4.69, 9.17) is 10.5 Å². The molecule has 4 rings (SSSR count). The summed E-state index contributed by atoms with van der Waals surface area (Å²) in [6.45, 7) is 1.04. The molecule has 0 saturated heterocycles. The summed E-state index contributed by atoms with van der Waals surface area (Å²) in [7, 11) is 1.62. The van der Waals surface area contributed by atoms with Crippen LogP contribution in [0.2, 0.25) is 0 Å². The van der Waals surface area contributed by atoms with Crippen molar-refractivity contribution in [1.82, 2.24) is 4.90 Å². The van der Waals surface area contributed by atoms with E-state index >= 15 is 0 Å². The Morgan fingerprint density at radius 2 is 1.93 bits per heavy atom. The molecule has 3 N–H and O–H groups in total. The van der Waals surface area contributed by atoms with Crippen molar-refractivity contribution in [3.05, 3.63) is 71.3 Å². The van der Waals surface area contributed by atoms with E-state index in [0.717, 1.165) is 27.6 Å². The second-order valence-corrected chi connectivity index (χ2v) is 6.95. The number of methoxy groups -OCH3 is 1. The summed E-state index contributed by atoms with van der Waals surface area (Å²) in [6, 6.07) is 17.1. The zero-order valence-corrected chi connectivity index (χ0v) is 15.2. The number of amides is 1. The van der Waals surface area contributed by atoms with Crippen molar-refractivity contribution in [2.24, 2.45) is 5.73 Å². The second-order valence-electron chi connectivity index (χ2n) is 6.95. The van der Waals surface area contributed by atoms with Gasteiger partial charge in [-0.25, -0.2) is 0 Å². The van der Waals surface area contributed by atoms with E-state index in [0.29, 0.717) is 19.5 Å². The number of primary amides is 1. The molecule has 3 aromatic rings. The van der Waals surface area contributed by atoms with Gasteiger partial charge >= 0.3 is 0 Å². The zero-order valence-electron chi connectivity index (χ0n) is 15.2. The highest BCUT2D eigenvalue weighted by atomic mass is 16.5. The summed E-state index contributed by atoms with van der Waals surface area (Å²) in [6.07, 6.45) is 0.584. The number of aromatic hydroxyl groups is 1. The average molecular weight is 362 g/mol. The van der Waals surface area contributed by atoms with Crippen LogP contribution in [0.1, 0.15) is 16.7 Å². The first-order valence-corrected chi connectivity index (χ1v) is 8.95. The summed E-state index contributed by atoms with van der Waals surface area (Å²) in [5.74, 6) is 0.587. The first-order chi connectivity index (χ1) is 13.1. The van der Waals surface area contributed by atoms with Crippen LogP contribution in [0.25, 0.3) is 10.8 Å². The van der Waals surface area contributed by atoms with E-state index in [-0.39, 0.29) is 11.7 Å². The van der Waals surface area contributed by atoms with Crippen molar-refractivity contribution in [2.75, 3.05) is 7.11 Å². The molecule has 27 heavy (non-hydrogen) atoms. The molecule has 0 saturated carbocycles. The molecule has 0 aliphatic carbocycles. The monoisotopic (exact) mass is 362 g/mol. The van der Waals surface area contributed by atoms with Crippen LogP contribution < -0.4 is 10.5 Å². The maximum absolute atomic E-state index is 12.1. The number of carbonyl (C=O) groups excluding carboxylic acids is 1. The summed E-state index contributed by atoms with van der Waals surface area (Å²) in [5, 5.41) is 12.5. The van der Waals surface area contributed by atoms with Crippen molar-refractivity contribution in [1.29, 1.82) is 0 Å². The van der Waals surface area contributed by atoms with Crippen molar-refractivity contribution < 1.29 is 14.6 Å². The Hall–Kier alpha value is -3.05. The molecule has 0 aromatic heterocycles. The van der Waals surface area contributed by atoms with Crippen molar-refractivity contribution in [3.8, 4) is 11.5 Å². The largest absolute Gasteiger partial charge is 0.508 e. The standard InChI is InChI=1S/C22H22N2O3/c1-27-17-8-6-14-7-9-21(25)19(18(14)11-17)13-24-12-16-5-3-2-4-15(16)10-20(24)22(23)26/h2-9,11,20,25H,10,12-13H2,1H3,(H2,23,26). The van der Waals surface area contributed by atoms with Crippen LogP contribution in [0, 0.1) is 0 Å². The van der Waals surface area contributed by atoms with Gasteiger partial charge in [-0.1, -0.05) is 36.4 Å². The number of ether oxygens (including phenoxy) is 1. The number of phenols is 1. The molecule has 138 valence electrons. The molecule has 1 aliphatic heterocycles. The molecule has 1 unspecified atom stereocenters. The first-order valence-electron chi connectivity index (χ1n) is 8.95. The summed E-state index contributed by atoms with van der Waals surface area (Å²) in [5.41, 5.74) is 8.82. The van der Waals surface area contributed by atoms with E-state index in [1.807, 2.05) is 47.4 Å². The minimum absolute atomic E-state index is 0.206. The number of nitrogens with zero attached hydrogens (tertiary/aromatic N) is 1. The molecule has 1 atom stereocenters. The van der Waals surface area contributed by atoms with Gasteiger partial charge in [0.05, 0.1) is 13.2 Å². The van der Waals surface area contributed by atoms with Gasteiger partial charge in [-0.15, -0.1) is 0 Å². The number of hydrogen-bond acceptors (Lipinski definition) is 4. The molecule has 0 fully saturated rings. The maximum Gasteiger partial charge on any atom is 0.235 e. The van der Waals surface area contributed by atoms with Crippen LogP contribution in [-0.2, 0) is 24.3 Å². The number of phenolic OH excluding ortho intramolecular Hbond substituents is 1. The Balaban J connectivity index is 1.76. The van der Waals surface area contributed by atoms with Gasteiger partial charge in [0, 0.05) is 18.7 Å². The number of nitrogens with two attached hydrogens (primary N) is 1. The Labute approximate surface area is 158 Å². The van der Waals surface area contributed by atoms with E-state index in [1.165, 1.54) is 5.56 Å². The fourth-order valence-electron chi connectivity index (χ4n) is 3.87. The van der Waals surface area contributed by atoms with Crippen LogP contribution in [0.3, 0.4) is 0 Å². The maximum atomic E-state index is 12.1. The van der Waals surface area contributed by atoms with Crippen LogP contribution in [0.4, 0.5) is 0 Å². The van der Waals surface area contributed by atoms with Crippen LogP contribution >= 0.6 is 0 Å². The third-order valence-electron chi connectivity index (χ3n) is 5.35. The summed E-state index contributed by atoms with van der Waals surface area (Å²) in [4.78, 5) is 14.2. The Bertz CT molecular complexity index is 1020. The van der Waals surface area contributed by atoms with E-state index < -0.39 is 6.04 Å². The molecule has 0 spiro atoms. The van der Waals surface area contributed by atoms with Crippen LogP contribution in [0.15, 0.2) is 54.6 Å². The van der Waals surface area contributed by atoms with Crippen molar-refractivity contribution in [2.45, 2.75) is 25.6 Å². The lowest BCUT2D eigenvalue weighted by atomic mass is 9.92. The molecule has 1 heterocycles. The predicted octanol–water partition coefficient (Wildman–Crippen LogP) is 2.97. The number of fused-ring (bicyclic) bond motifs is 2. The van der Waals surface area contributed by atoms with Gasteiger partial charge in [-0.3, -0.25) is 9.69 Å². The average Bonchev–Trinajstić information content (AvgIpc) is 2.69. The lowest BCUT2D eigenvalue weighted by Crippen LogP contribution is -2.48. The van der Waals surface area contributed by atoms with Gasteiger partial charge in [0.15, 0.2) is 0 Å². The van der Waals surface area contributed by atoms with E-state index in [1.54, 1.807) is 13.2 Å². The van der Waals surface area contributed by atoms with Gasteiger partial charge < -0.3 is 15.6 Å². The lowest BCUT2D eigenvalue weighted by Gasteiger charge is -2.35. The fraction of sp³-hybridized carbons (Fsp3) is 0.227. The number of benzene rings is 3. The second kappa shape index (κ2) is 6.93. The molecule has 0 radical (unpaired) electrons. The predicted molar refractivity (Wildman–Crippen MR) is 105 cm³/mol. The Morgan fingerprint density at radius 3 is 2.67 bits per heavy atom. The van der Waals surface area contributed by atoms with Gasteiger partial charge in [0.25, 0.3) is 0 Å². The van der Waals surface area contributed by atoms with Crippen LogP contribution in [0.5, 0.6) is 11.5 Å². The molecular formula is C22H22N2O3. The number of hydrogen-bond donors (Lipinski definition) is 2. The third kappa shape index (κ3) is 3.22. The van der Waals surface area contributed by atoms with Crippen molar-refractivity contribution in [3.63, 3.8) is 0 Å². The van der Waals surface area contributed by atoms with Crippen LogP contribution in [-0.4, -0.2) is 29.1 Å². The normalized spacial score (nSPS) is 16.9. The lowest BCUT2D eigenvalue weighted by molar-refractivity contribution is -0.124. The van der Waals surface area contributed by atoms with Crippen molar-refractivity contribution >= 4 is 16.7 Å². The molecular weight excluding hydrogens is 340 g/mol. The fourth-order valence-corrected chi connectivity index (χ4v) is 3.87. The van der Waals surface area contributed by atoms with Gasteiger partial charge in [-0.05, 0) is 46.5 Å². The van der Waals surface area contributed by atoms with Gasteiger partial charge in [0.2, 0.25) is 5.91 Å². The first kappa shape index (κ1) is 17.4. The molecule has 5 heteroatoms. The zero-order chi connectivity index (χ0) is 19.0. The SMILES string of the molecule is COc1ccc2ccc(O)c(CN3Cc4ccccc4CC3C(N)=O)c2c1. The summed E-state index contributed by atoms with van der Waals surface area (Å²) >= 11 is 0. The van der Waals surface area contributed by atoms with E-state index in [9.17, 15) is 9.90 Å². The number of carbonyl (C=O) groups is 1. The quantitative estimate of drug-likeness (QED) is 0.748. The third-order valence-corrected chi connectivity index (χ3v) is 5.35. The molecule has 5 nitrogen and oxygen atoms in total. The minimum atomic E-state index is -0.403.